The van der Waals surface area contributed by atoms with Gasteiger partial charge in [-0.1, -0.05) is 219 Å². The first kappa shape index (κ1) is 106. The second-order valence-corrected chi connectivity index (χ2v) is 33.5. The third-order valence-electron chi connectivity index (χ3n) is 23.8. The maximum atomic E-state index is 13.6. The van der Waals surface area contributed by atoms with Gasteiger partial charge in [-0.2, -0.15) is 0 Å². The highest BCUT2D eigenvalue weighted by Crippen LogP contribution is 2.41. The molecule has 0 aliphatic carbocycles. The van der Waals surface area contributed by atoms with Crippen LogP contribution in [0.1, 0.15) is 252 Å². The highest BCUT2D eigenvalue weighted by atomic mass is 16.8. The molecule has 0 saturated carbocycles. The molecule has 6 fully saturated rings. The number of unbranched alkanes of at least 4 members (excludes halogenated alkanes) is 31. The van der Waals surface area contributed by atoms with Crippen LogP contribution in [0.4, 0.5) is 0 Å². The lowest BCUT2D eigenvalue weighted by atomic mass is 9.90. The van der Waals surface area contributed by atoms with E-state index in [0.29, 0.717) is 12.8 Å². The van der Waals surface area contributed by atoms with Gasteiger partial charge in [-0.05, 0) is 26.2 Å². The molecular weight excluding hydrogens is 1580 g/mol. The van der Waals surface area contributed by atoms with Crippen LogP contribution < -0.4 is 10.6 Å². The van der Waals surface area contributed by atoms with Gasteiger partial charge in [0, 0.05) is 19.8 Å². The van der Waals surface area contributed by atoms with Crippen LogP contribution in [0.25, 0.3) is 0 Å². The maximum absolute atomic E-state index is 13.6. The molecule has 33 atom stereocenters. The number of hydrogen-bond donors (Lipinski definition) is 22. The average molecular weight is 1740 g/mol. The fourth-order valence-corrected chi connectivity index (χ4v) is 16.4. The van der Waals surface area contributed by atoms with E-state index in [1.165, 1.54) is 155 Å². The average Bonchev–Trinajstić information content (AvgIpc) is 0.756. The van der Waals surface area contributed by atoms with Gasteiger partial charge in [0.1, 0.15) is 140 Å². The van der Waals surface area contributed by atoms with Crippen LogP contribution in [-0.4, -0.2) is 361 Å². The van der Waals surface area contributed by atoms with E-state index in [9.17, 15) is 117 Å². The monoisotopic (exact) mass is 1740 g/mol. The first-order valence-electron chi connectivity index (χ1n) is 44.5. The number of carbonyl (C=O) groups excluding carboxylic acids is 2. The van der Waals surface area contributed by atoms with Crippen LogP contribution >= 0.6 is 0 Å². The number of carbonyl (C=O) groups is 3. The number of rotatable bonds is 59. The van der Waals surface area contributed by atoms with Crippen molar-refractivity contribution in [2.24, 2.45) is 0 Å². The van der Waals surface area contributed by atoms with E-state index in [0.717, 1.165) is 58.3 Å². The SMILES string of the molecule is CCCCCCCCCCCCC/C=C/[C@@H](O)[C@H](CO[C@@H]1OC(CO)[C@@H](O[C@@H]2OC(CO)[C@H](O)[C@H](O[C@@H]3OC(CO)[C@@H](O[C@@H]4OC(CO)[C@H](O)[C@H](O[C@]5(C(=O)O)CC(O)[C@@H](O)C([C@H](O)[C@H](O)CO)O5)C4O)[C@H](O[C@H]4OC(C)[C@@H](O)C(O)[C@@H]4O)C3NC(C)=O)C2O)[C@H](O)C1O)NC(=O)CCCCCCCCCCCCCCCCCCCCCCC. The predicted molar refractivity (Wildman–Crippen MR) is 426 cm³/mol. The van der Waals surface area contributed by atoms with Gasteiger partial charge in [0.15, 0.2) is 31.5 Å². The number of ether oxygens (including phenoxy) is 12. The minimum Gasteiger partial charge on any atom is -0.477 e. The van der Waals surface area contributed by atoms with Crippen LogP contribution in [0.15, 0.2) is 12.2 Å². The van der Waals surface area contributed by atoms with Crippen molar-refractivity contribution in [3.05, 3.63) is 12.2 Å². The molecule has 0 aromatic rings. The lowest BCUT2D eigenvalue weighted by Crippen LogP contribution is -2.72. The van der Waals surface area contributed by atoms with Crippen molar-refractivity contribution in [1.82, 2.24) is 10.6 Å². The predicted octanol–water partition coefficient (Wildman–Crippen LogP) is 0.00620. The largest absolute Gasteiger partial charge is 0.477 e. The summed E-state index contributed by atoms with van der Waals surface area (Å²) in [6, 6.07) is -3.09. The molecule has 702 valence electrons. The molecular formula is C83H150N2O35. The molecule has 0 radical (unpaired) electrons. The van der Waals surface area contributed by atoms with Crippen molar-refractivity contribution in [2.45, 2.75) is 454 Å². The molecule has 6 aliphatic rings. The molecule has 0 aromatic carbocycles. The Hall–Kier alpha value is -3.09. The van der Waals surface area contributed by atoms with Gasteiger partial charge >= 0.3 is 5.97 Å². The summed E-state index contributed by atoms with van der Waals surface area (Å²) in [5.74, 6) is -6.72. The van der Waals surface area contributed by atoms with Crippen LogP contribution in [-0.2, 0) is 71.2 Å². The molecule has 12 unspecified atom stereocenters. The number of carboxylic acid groups (broad SMARTS) is 1. The first-order valence-corrected chi connectivity index (χ1v) is 44.5. The Morgan fingerprint density at radius 2 is 0.867 bits per heavy atom. The molecule has 6 heterocycles. The zero-order valence-corrected chi connectivity index (χ0v) is 70.7. The molecule has 0 bridgehead atoms. The van der Waals surface area contributed by atoms with E-state index in [-0.39, 0.29) is 12.3 Å². The van der Waals surface area contributed by atoms with E-state index < -0.39 is 260 Å². The van der Waals surface area contributed by atoms with Crippen LogP contribution in [0, 0.1) is 0 Å². The Balaban J connectivity index is 1.14. The molecule has 22 N–H and O–H groups in total. The highest BCUT2D eigenvalue weighted by Gasteiger charge is 2.62. The third-order valence-corrected chi connectivity index (χ3v) is 23.8. The van der Waals surface area contributed by atoms with Crippen LogP contribution in [0.3, 0.4) is 0 Å². The number of aliphatic carboxylic acids is 1. The smallest absolute Gasteiger partial charge is 0.364 e. The fourth-order valence-electron chi connectivity index (χ4n) is 16.4. The van der Waals surface area contributed by atoms with E-state index >= 15 is 0 Å². The van der Waals surface area contributed by atoms with E-state index in [2.05, 4.69) is 24.5 Å². The second kappa shape index (κ2) is 56.3. The van der Waals surface area contributed by atoms with Gasteiger partial charge in [0.2, 0.25) is 11.8 Å². The molecule has 37 nitrogen and oxygen atoms in total. The molecule has 120 heavy (non-hydrogen) atoms. The maximum Gasteiger partial charge on any atom is 0.364 e. The minimum atomic E-state index is -3.27. The van der Waals surface area contributed by atoms with Gasteiger partial charge in [-0.3, -0.25) is 9.59 Å². The standard InChI is InChI=1S/C83H150N2O35/c1-5-7-9-11-13-15-17-19-20-21-22-23-24-25-26-28-30-32-34-36-38-40-58(95)85-50(51(92)39-37-35-33-31-29-27-18-16-14-12-10-8-6-2)47-109-78-68(104)66(102)71(56(45-89)114-78)115-80-69(105)74(63(99)54(43-87)111-80)118-77-59(84-49(4)91)73(117-79-67(103)65(101)60(96)48(3)110-79)72(57(46-90)113-77)116-81-70(106)76(64(100)55(44-88)112-81)120-83(82(107)108)41-52(93)61(97)75(119-83)62(98)53(94)42-86/h37,39,48,50-57,59-81,86-90,92-94,96-106H,5-36,38,40-47H2,1-4H3,(H,84,91)(H,85,95)(H,107,108)/b39-37+/t48?,50-,51+,52?,53+,54?,55?,56?,57?,59?,60+,61+,62+,63-,64-,65?,66+,67-,68?,69?,70?,71+,72+,73+,74-,75?,76-,77-,78+,79+,80-,81-,83-/m0/s1. The normalized spacial score (nSPS) is 36.1. The van der Waals surface area contributed by atoms with Gasteiger partial charge in [0.25, 0.3) is 5.79 Å². The van der Waals surface area contributed by atoms with E-state index in [4.69, 9.17) is 56.8 Å². The van der Waals surface area contributed by atoms with Crippen LogP contribution in [0.5, 0.6) is 0 Å². The van der Waals surface area contributed by atoms with Crippen molar-refractivity contribution < 1.29 is 173 Å². The van der Waals surface area contributed by atoms with Gasteiger partial charge < -0.3 is 170 Å². The van der Waals surface area contributed by atoms with E-state index in [1.54, 1.807) is 6.08 Å². The summed E-state index contributed by atoms with van der Waals surface area (Å²) in [5, 5.41) is 228. The first-order chi connectivity index (χ1) is 57.6. The fraction of sp³-hybridized carbons (Fsp3) is 0.940. The molecule has 6 aliphatic heterocycles. The number of carboxylic acids is 1. The van der Waals surface area contributed by atoms with Crippen molar-refractivity contribution in [3.63, 3.8) is 0 Å². The Bertz CT molecular complexity index is 2800. The molecule has 0 aromatic heterocycles. The topological polar surface area (TPSA) is 591 Å². The molecule has 6 rings (SSSR count). The number of allylic oxidation sites excluding steroid dienone is 1. The van der Waals surface area contributed by atoms with Crippen molar-refractivity contribution >= 4 is 17.8 Å². The summed E-state index contributed by atoms with van der Waals surface area (Å²) in [7, 11) is 0. The summed E-state index contributed by atoms with van der Waals surface area (Å²) in [5.41, 5.74) is 0. The Labute approximate surface area is 705 Å². The Morgan fingerprint density at radius 1 is 0.450 bits per heavy atom. The third kappa shape index (κ3) is 32.3. The lowest BCUT2D eigenvalue weighted by Gasteiger charge is -2.52. The van der Waals surface area contributed by atoms with Crippen molar-refractivity contribution in [1.29, 1.82) is 0 Å². The zero-order valence-electron chi connectivity index (χ0n) is 70.7. The summed E-state index contributed by atoms with van der Waals surface area (Å²) in [4.78, 5) is 40.3. The van der Waals surface area contributed by atoms with E-state index in [1.807, 2.05) is 6.08 Å². The Morgan fingerprint density at radius 3 is 1.35 bits per heavy atom. The minimum absolute atomic E-state index is 0.154. The number of aliphatic hydroxyl groups is 19. The number of nitrogens with one attached hydrogen (secondary N) is 2. The summed E-state index contributed by atoms with van der Waals surface area (Å²) in [6.45, 7) is 0.577. The number of aliphatic hydroxyl groups excluding tert-OH is 19. The summed E-state index contributed by atoms with van der Waals surface area (Å²) < 4.78 is 71.8. The van der Waals surface area contributed by atoms with Gasteiger partial charge in [-0.25, -0.2) is 4.79 Å². The Kier molecular flexibility index (Phi) is 49.6. The molecule has 6 saturated heterocycles. The summed E-state index contributed by atoms with van der Waals surface area (Å²) in [6.07, 6.45) is -20.2. The highest BCUT2D eigenvalue weighted by molar-refractivity contribution is 5.76. The lowest BCUT2D eigenvalue weighted by molar-refractivity contribution is -0.401. The number of amides is 2. The van der Waals surface area contributed by atoms with Crippen LogP contribution in [0.2, 0.25) is 0 Å². The number of hydrogen-bond acceptors (Lipinski definition) is 34. The molecule has 37 heteroatoms. The quantitative estimate of drug-likeness (QED) is 0.0282. The summed E-state index contributed by atoms with van der Waals surface area (Å²) >= 11 is 0. The zero-order chi connectivity index (χ0) is 88.0. The van der Waals surface area contributed by atoms with Crippen molar-refractivity contribution in [3.8, 4) is 0 Å². The van der Waals surface area contributed by atoms with Gasteiger partial charge in [0.05, 0.1) is 64.0 Å². The van der Waals surface area contributed by atoms with Gasteiger partial charge in [-0.15, -0.1) is 0 Å². The van der Waals surface area contributed by atoms with Crippen molar-refractivity contribution in [2.75, 3.05) is 39.6 Å². The molecule has 0 spiro atoms. The second-order valence-electron chi connectivity index (χ2n) is 33.5. The molecule has 2 amide bonds.